The quantitative estimate of drug-likeness (QED) is 0.760. The first-order valence-corrected chi connectivity index (χ1v) is 6.39. The lowest BCUT2D eigenvalue weighted by Crippen LogP contribution is -1.99. The van der Waals surface area contributed by atoms with Crippen LogP contribution >= 0.6 is 27.5 Å². The average molecular weight is 315 g/mol. The van der Waals surface area contributed by atoms with Crippen LogP contribution in [0.2, 0.25) is 0 Å². The molecule has 4 heteroatoms. The van der Waals surface area contributed by atoms with Crippen LogP contribution in [0.5, 0.6) is 0 Å². The zero-order valence-corrected chi connectivity index (χ0v) is 11.2. The van der Waals surface area contributed by atoms with Crippen LogP contribution in [0.3, 0.4) is 0 Å². The summed E-state index contributed by atoms with van der Waals surface area (Å²) in [5, 5.41) is -0.296. The molecule has 0 radical (unpaired) electrons. The van der Waals surface area contributed by atoms with Gasteiger partial charge in [-0.15, -0.1) is 11.6 Å². The fraction of sp³-hybridized carbons (Fsp3) is 0.154. The Morgan fingerprint density at radius 2 is 2.06 bits per heavy atom. The molecule has 2 aromatic rings. The summed E-state index contributed by atoms with van der Waals surface area (Å²) in [6.45, 7) is 0. The molecule has 0 aliphatic heterocycles. The number of halogens is 3. The number of nitrogens with zero attached hydrogens (tertiary/aromatic N) is 1. The SMILES string of the molecule is Fc1cccc(C(Cl)Cc2ccccn2)c1Br. The van der Waals surface area contributed by atoms with E-state index in [4.69, 9.17) is 11.6 Å². The molecule has 88 valence electrons. The van der Waals surface area contributed by atoms with Gasteiger partial charge in [0.25, 0.3) is 0 Å². The number of rotatable bonds is 3. The molecule has 17 heavy (non-hydrogen) atoms. The molecule has 0 saturated carbocycles. The second-order valence-electron chi connectivity index (χ2n) is 3.64. The van der Waals surface area contributed by atoms with Gasteiger partial charge < -0.3 is 0 Å². The fourth-order valence-electron chi connectivity index (χ4n) is 1.57. The Morgan fingerprint density at radius 1 is 1.24 bits per heavy atom. The molecule has 0 N–H and O–H groups in total. The largest absolute Gasteiger partial charge is 0.261 e. The van der Waals surface area contributed by atoms with E-state index in [1.807, 2.05) is 24.3 Å². The Morgan fingerprint density at radius 3 is 2.76 bits per heavy atom. The highest BCUT2D eigenvalue weighted by Crippen LogP contribution is 2.32. The summed E-state index contributed by atoms with van der Waals surface area (Å²) >= 11 is 9.50. The van der Waals surface area contributed by atoms with Crippen molar-refractivity contribution in [1.29, 1.82) is 0 Å². The molecule has 0 aliphatic carbocycles. The number of pyridine rings is 1. The van der Waals surface area contributed by atoms with Gasteiger partial charge in [0.1, 0.15) is 5.82 Å². The minimum atomic E-state index is -0.297. The van der Waals surface area contributed by atoms with Gasteiger partial charge in [-0.2, -0.15) is 0 Å². The van der Waals surface area contributed by atoms with Crippen LogP contribution in [0.25, 0.3) is 0 Å². The van der Waals surface area contributed by atoms with Gasteiger partial charge in [0.2, 0.25) is 0 Å². The van der Waals surface area contributed by atoms with E-state index < -0.39 is 0 Å². The maximum Gasteiger partial charge on any atom is 0.137 e. The molecule has 2 rings (SSSR count). The monoisotopic (exact) mass is 313 g/mol. The van der Waals surface area contributed by atoms with Crippen molar-refractivity contribution in [2.75, 3.05) is 0 Å². The minimum absolute atomic E-state index is 0.296. The number of benzene rings is 1. The Hall–Kier alpha value is -0.930. The topological polar surface area (TPSA) is 12.9 Å². The molecule has 1 heterocycles. The molecular formula is C13H10BrClFN. The van der Waals surface area contributed by atoms with E-state index in [0.717, 1.165) is 11.3 Å². The molecule has 1 aromatic carbocycles. The van der Waals surface area contributed by atoms with Crippen molar-refractivity contribution in [2.45, 2.75) is 11.8 Å². The Labute approximate surface area is 113 Å². The van der Waals surface area contributed by atoms with Crippen LogP contribution in [0.4, 0.5) is 4.39 Å². The summed E-state index contributed by atoms with van der Waals surface area (Å²) < 4.78 is 13.8. The van der Waals surface area contributed by atoms with Gasteiger partial charge in [-0.3, -0.25) is 4.98 Å². The van der Waals surface area contributed by atoms with E-state index in [9.17, 15) is 4.39 Å². The summed E-state index contributed by atoms with van der Waals surface area (Å²) in [6, 6.07) is 10.5. The maximum atomic E-state index is 13.4. The van der Waals surface area contributed by atoms with Gasteiger partial charge in [0, 0.05) is 18.3 Å². The molecule has 1 atom stereocenters. The fourth-order valence-corrected chi connectivity index (χ4v) is 2.59. The summed E-state index contributed by atoms with van der Waals surface area (Å²) in [7, 11) is 0. The predicted molar refractivity (Wildman–Crippen MR) is 70.6 cm³/mol. The molecule has 0 aliphatic rings. The van der Waals surface area contributed by atoms with Crippen molar-refractivity contribution < 1.29 is 4.39 Å². The lowest BCUT2D eigenvalue weighted by Gasteiger charge is -2.11. The number of alkyl halides is 1. The summed E-state index contributed by atoms with van der Waals surface area (Å²) in [4.78, 5) is 4.20. The van der Waals surface area contributed by atoms with Crippen molar-refractivity contribution in [3.05, 3.63) is 64.1 Å². The third-order valence-electron chi connectivity index (χ3n) is 2.43. The van der Waals surface area contributed by atoms with Crippen molar-refractivity contribution in [3.63, 3.8) is 0 Å². The van der Waals surface area contributed by atoms with Crippen LogP contribution in [0, 0.1) is 5.82 Å². The third kappa shape index (κ3) is 3.05. The van der Waals surface area contributed by atoms with Crippen LogP contribution in [-0.4, -0.2) is 4.98 Å². The molecule has 0 amide bonds. The first-order chi connectivity index (χ1) is 8.18. The van der Waals surface area contributed by atoms with Gasteiger partial charge in [0.05, 0.1) is 9.85 Å². The van der Waals surface area contributed by atoms with Gasteiger partial charge in [-0.1, -0.05) is 18.2 Å². The highest BCUT2D eigenvalue weighted by molar-refractivity contribution is 9.10. The third-order valence-corrected chi connectivity index (χ3v) is 3.66. The second kappa shape index (κ2) is 5.61. The van der Waals surface area contributed by atoms with Crippen LogP contribution in [0.1, 0.15) is 16.6 Å². The first kappa shape index (κ1) is 12.5. The lowest BCUT2D eigenvalue weighted by molar-refractivity contribution is 0.617. The minimum Gasteiger partial charge on any atom is -0.261 e. The van der Waals surface area contributed by atoms with E-state index in [-0.39, 0.29) is 11.2 Å². The second-order valence-corrected chi connectivity index (χ2v) is 4.96. The number of hydrogen-bond donors (Lipinski definition) is 0. The van der Waals surface area contributed by atoms with E-state index >= 15 is 0 Å². The number of aromatic nitrogens is 1. The molecule has 0 bridgehead atoms. The predicted octanol–water partition coefficient (Wildman–Crippen LogP) is 4.51. The molecular weight excluding hydrogens is 305 g/mol. The van der Waals surface area contributed by atoms with Crippen molar-refractivity contribution >= 4 is 27.5 Å². The molecule has 1 nitrogen and oxygen atoms in total. The first-order valence-electron chi connectivity index (χ1n) is 5.16. The highest BCUT2D eigenvalue weighted by Gasteiger charge is 2.15. The Bertz CT molecular complexity index is 504. The van der Waals surface area contributed by atoms with Crippen molar-refractivity contribution in [1.82, 2.24) is 4.98 Å². The molecule has 0 spiro atoms. The van der Waals surface area contributed by atoms with E-state index in [2.05, 4.69) is 20.9 Å². The van der Waals surface area contributed by atoms with Crippen LogP contribution in [0.15, 0.2) is 47.1 Å². The van der Waals surface area contributed by atoms with Crippen LogP contribution in [-0.2, 0) is 6.42 Å². The van der Waals surface area contributed by atoms with Gasteiger partial charge in [0.15, 0.2) is 0 Å². The molecule has 0 saturated heterocycles. The van der Waals surface area contributed by atoms with Crippen molar-refractivity contribution in [3.8, 4) is 0 Å². The van der Waals surface area contributed by atoms with Crippen molar-refractivity contribution in [2.24, 2.45) is 0 Å². The molecule has 1 aromatic heterocycles. The lowest BCUT2D eigenvalue weighted by atomic mass is 10.1. The molecule has 1 unspecified atom stereocenters. The van der Waals surface area contributed by atoms with E-state index in [1.54, 1.807) is 12.3 Å². The highest BCUT2D eigenvalue weighted by atomic mass is 79.9. The molecule has 0 fully saturated rings. The zero-order valence-electron chi connectivity index (χ0n) is 8.91. The number of hydrogen-bond acceptors (Lipinski definition) is 1. The Kier molecular flexibility index (Phi) is 4.13. The Balaban J connectivity index is 2.20. The standard InChI is InChI=1S/C13H10BrClFN/c14-13-10(5-3-6-12(13)16)11(15)8-9-4-1-2-7-17-9/h1-7,11H,8H2. The zero-order chi connectivity index (χ0) is 12.3. The maximum absolute atomic E-state index is 13.4. The normalized spacial score (nSPS) is 12.4. The average Bonchev–Trinajstić information content (AvgIpc) is 2.34. The van der Waals surface area contributed by atoms with Crippen LogP contribution < -0.4 is 0 Å². The summed E-state index contributed by atoms with van der Waals surface area (Å²) in [5.74, 6) is -0.297. The van der Waals surface area contributed by atoms with Gasteiger partial charge in [-0.05, 0) is 39.7 Å². The van der Waals surface area contributed by atoms with E-state index in [1.165, 1.54) is 6.07 Å². The van der Waals surface area contributed by atoms with Gasteiger partial charge in [-0.25, -0.2) is 4.39 Å². The van der Waals surface area contributed by atoms with E-state index in [0.29, 0.717) is 10.9 Å². The summed E-state index contributed by atoms with van der Waals surface area (Å²) in [6.07, 6.45) is 2.30. The van der Waals surface area contributed by atoms with Gasteiger partial charge >= 0.3 is 0 Å². The smallest absolute Gasteiger partial charge is 0.137 e. The summed E-state index contributed by atoms with van der Waals surface area (Å²) in [5.41, 5.74) is 1.64.